The lowest BCUT2D eigenvalue weighted by atomic mass is 10.1. The van der Waals surface area contributed by atoms with Crippen LogP contribution in [-0.2, 0) is 6.54 Å². The van der Waals surface area contributed by atoms with E-state index >= 15 is 0 Å². The molecular formula is C17H12N6S. The number of H-pyrrole nitrogens is 1. The van der Waals surface area contributed by atoms with E-state index in [1.165, 1.54) is 0 Å². The number of aromatic nitrogens is 4. The Bertz CT molecular complexity index is 1030. The lowest BCUT2D eigenvalue weighted by Crippen LogP contribution is -2.04. The van der Waals surface area contributed by atoms with Crippen LogP contribution in [0.1, 0.15) is 11.4 Å². The van der Waals surface area contributed by atoms with Crippen LogP contribution in [0.3, 0.4) is 0 Å². The second-order valence-electron chi connectivity index (χ2n) is 5.11. The van der Waals surface area contributed by atoms with E-state index in [0.717, 1.165) is 21.5 Å². The first-order valence-electron chi connectivity index (χ1n) is 7.32. The van der Waals surface area contributed by atoms with Crippen LogP contribution in [-0.4, -0.2) is 20.2 Å². The van der Waals surface area contributed by atoms with Crippen LogP contribution in [0.15, 0.2) is 48.0 Å². The van der Waals surface area contributed by atoms with Gasteiger partial charge in [0.05, 0.1) is 28.2 Å². The summed E-state index contributed by atoms with van der Waals surface area (Å²) in [4.78, 5) is 9.81. The molecule has 7 heteroatoms. The fourth-order valence-corrected chi connectivity index (χ4v) is 3.14. The molecule has 2 N–H and O–H groups in total. The Morgan fingerprint density at radius 1 is 1.21 bits per heavy atom. The molecule has 3 aromatic heterocycles. The predicted octanol–water partition coefficient (Wildman–Crippen LogP) is 3.57. The number of benzene rings is 1. The SMILES string of the molecule is N#Cc1cnc2ccccc2c1NCc1nc(-c2cccs2)n[nH]1. The van der Waals surface area contributed by atoms with Crippen molar-refractivity contribution in [2.24, 2.45) is 0 Å². The molecule has 0 bridgehead atoms. The lowest BCUT2D eigenvalue weighted by Gasteiger charge is -2.09. The largest absolute Gasteiger partial charge is 0.376 e. The van der Waals surface area contributed by atoms with Crippen LogP contribution in [0.5, 0.6) is 0 Å². The van der Waals surface area contributed by atoms with Crippen LogP contribution in [0.25, 0.3) is 21.6 Å². The number of pyridine rings is 1. The smallest absolute Gasteiger partial charge is 0.191 e. The molecule has 1 aromatic carbocycles. The van der Waals surface area contributed by atoms with Crippen molar-refractivity contribution < 1.29 is 0 Å². The molecule has 3 heterocycles. The second kappa shape index (κ2) is 6.10. The molecule has 4 aromatic rings. The van der Waals surface area contributed by atoms with Crippen molar-refractivity contribution >= 4 is 27.9 Å². The van der Waals surface area contributed by atoms with Crippen molar-refractivity contribution in [2.75, 3.05) is 5.32 Å². The fraction of sp³-hybridized carbons (Fsp3) is 0.0588. The molecule has 0 aliphatic rings. The minimum absolute atomic E-state index is 0.445. The summed E-state index contributed by atoms with van der Waals surface area (Å²) in [5.41, 5.74) is 2.11. The molecule has 4 rings (SSSR count). The number of hydrogen-bond acceptors (Lipinski definition) is 6. The van der Waals surface area contributed by atoms with Crippen molar-refractivity contribution in [1.82, 2.24) is 20.2 Å². The summed E-state index contributed by atoms with van der Waals surface area (Å²) in [6.07, 6.45) is 1.59. The Labute approximate surface area is 141 Å². The van der Waals surface area contributed by atoms with Crippen LogP contribution in [0, 0.1) is 11.3 Å². The molecule has 24 heavy (non-hydrogen) atoms. The Morgan fingerprint density at radius 2 is 2.12 bits per heavy atom. The summed E-state index contributed by atoms with van der Waals surface area (Å²) in [6, 6.07) is 13.9. The maximum absolute atomic E-state index is 9.34. The molecule has 0 atom stereocenters. The van der Waals surface area contributed by atoms with Crippen molar-refractivity contribution in [3.63, 3.8) is 0 Å². The first-order chi connectivity index (χ1) is 11.8. The topological polar surface area (TPSA) is 90.3 Å². The van der Waals surface area contributed by atoms with Gasteiger partial charge >= 0.3 is 0 Å². The van der Waals surface area contributed by atoms with Gasteiger partial charge in [0.25, 0.3) is 0 Å². The Balaban J connectivity index is 1.62. The van der Waals surface area contributed by atoms with Gasteiger partial charge in [-0.1, -0.05) is 24.3 Å². The average molecular weight is 332 g/mol. The predicted molar refractivity (Wildman–Crippen MR) is 93.5 cm³/mol. The Morgan fingerprint density at radius 3 is 2.96 bits per heavy atom. The molecule has 116 valence electrons. The van der Waals surface area contributed by atoms with E-state index in [1.807, 2.05) is 41.8 Å². The van der Waals surface area contributed by atoms with Crippen LogP contribution in [0.2, 0.25) is 0 Å². The molecule has 0 aliphatic carbocycles. The third-order valence-corrected chi connectivity index (χ3v) is 4.47. The van der Waals surface area contributed by atoms with Gasteiger partial charge in [0.1, 0.15) is 11.9 Å². The minimum atomic E-state index is 0.445. The van der Waals surface area contributed by atoms with E-state index in [2.05, 4.69) is 31.6 Å². The van der Waals surface area contributed by atoms with Gasteiger partial charge in [-0.25, -0.2) is 4.98 Å². The number of nitriles is 1. The zero-order chi connectivity index (χ0) is 16.4. The first kappa shape index (κ1) is 14.4. The zero-order valence-corrected chi connectivity index (χ0v) is 13.3. The van der Waals surface area contributed by atoms with Gasteiger partial charge in [-0.15, -0.1) is 11.3 Å². The first-order valence-corrected chi connectivity index (χ1v) is 8.20. The van der Waals surface area contributed by atoms with Crippen molar-refractivity contribution in [3.8, 4) is 16.8 Å². The highest BCUT2D eigenvalue weighted by Crippen LogP contribution is 2.26. The van der Waals surface area contributed by atoms with E-state index in [4.69, 9.17) is 0 Å². The molecule has 0 saturated carbocycles. The van der Waals surface area contributed by atoms with Gasteiger partial charge in [0.15, 0.2) is 5.82 Å². The van der Waals surface area contributed by atoms with Gasteiger partial charge in [-0.2, -0.15) is 10.4 Å². The summed E-state index contributed by atoms with van der Waals surface area (Å²) in [7, 11) is 0. The maximum Gasteiger partial charge on any atom is 0.191 e. The van der Waals surface area contributed by atoms with E-state index in [0.29, 0.717) is 23.8 Å². The standard InChI is InChI=1S/C17H12N6S/c18-8-11-9-19-13-5-2-1-4-12(13)16(11)20-10-15-21-17(23-22-15)14-6-3-7-24-14/h1-7,9H,10H2,(H,19,20)(H,21,22,23). The summed E-state index contributed by atoms with van der Waals surface area (Å²) in [5.74, 6) is 1.39. The van der Waals surface area contributed by atoms with E-state index in [9.17, 15) is 5.26 Å². The monoisotopic (exact) mass is 332 g/mol. The van der Waals surface area contributed by atoms with E-state index < -0.39 is 0 Å². The number of nitrogens with one attached hydrogen (secondary N) is 2. The maximum atomic E-state index is 9.34. The minimum Gasteiger partial charge on any atom is -0.376 e. The molecular weight excluding hydrogens is 320 g/mol. The van der Waals surface area contributed by atoms with Crippen LogP contribution in [0.4, 0.5) is 5.69 Å². The normalized spacial score (nSPS) is 10.6. The summed E-state index contributed by atoms with van der Waals surface area (Å²) < 4.78 is 0. The molecule has 0 unspecified atom stereocenters. The lowest BCUT2D eigenvalue weighted by molar-refractivity contribution is 0.955. The van der Waals surface area contributed by atoms with Crippen LogP contribution < -0.4 is 5.32 Å². The molecule has 6 nitrogen and oxygen atoms in total. The summed E-state index contributed by atoms with van der Waals surface area (Å²) >= 11 is 1.60. The van der Waals surface area contributed by atoms with Crippen molar-refractivity contribution in [1.29, 1.82) is 5.26 Å². The third-order valence-electron chi connectivity index (χ3n) is 3.60. The van der Waals surface area contributed by atoms with Gasteiger partial charge in [0, 0.05) is 11.6 Å². The van der Waals surface area contributed by atoms with Gasteiger partial charge < -0.3 is 5.32 Å². The Kier molecular flexibility index (Phi) is 3.65. The molecule has 0 radical (unpaired) electrons. The molecule has 0 saturated heterocycles. The zero-order valence-electron chi connectivity index (χ0n) is 12.5. The number of hydrogen-bond donors (Lipinski definition) is 2. The van der Waals surface area contributed by atoms with E-state index in [-0.39, 0.29) is 0 Å². The number of anilines is 1. The number of rotatable bonds is 4. The summed E-state index contributed by atoms with van der Waals surface area (Å²) in [6.45, 7) is 0.445. The van der Waals surface area contributed by atoms with Gasteiger partial charge in [-0.3, -0.25) is 10.1 Å². The number of thiophene rings is 1. The highest BCUT2D eigenvalue weighted by Gasteiger charge is 2.10. The highest BCUT2D eigenvalue weighted by molar-refractivity contribution is 7.13. The number of fused-ring (bicyclic) bond motifs is 1. The number of aromatic amines is 1. The highest BCUT2D eigenvalue weighted by atomic mass is 32.1. The molecule has 0 fully saturated rings. The van der Waals surface area contributed by atoms with Crippen molar-refractivity contribution in [2.45, 2.75) is 6.54 Å². The van der Waals surface area contributed by atoms with Crippen molar-refractivity contribution in [3.05, 3.63) is 59.4 Å². The quantitative estimate of drug-likeness (QED) is 0.596. The van der Waals surface area contributed by atoms with Gasteiger partial charge in [0.2, 0.25) is 0 Å². The number of para-hydroxylation sites is 1. The number of nitrogens with zero attached hydrogens (tertiary/aromatic N) is 4. The van der Waals surface area contributed by atoms with Gasteiger partial charge in [-0.05, 0) is 17.5 Å². The second-order valence-corrected chi connectivity index (χ2v) is 6.06. The fourth-order valence-electron chi connectivity index (χ4n) is 2.48. The average Bonchev–Trinajstić information content (AvgIpc) is 3.30. The third kappa shape index (κ3) is 2.59. The molecule has 0 aliphatic heterocycles. The van der Waals surface area contributed by atoms with Crippen LogP contribution >= 0.6 is 11.3 Å². The Hall–Kier alpha value is -3.24. The summed E-state index contributed by atoms with van der Waals surface area (Å²) in [5, 5.41) is 22.7. The van der Waals surface area contributed by atoms with E-state index in [1.54, 1.807) is 17.5 Å². The molecule has 0 spiro atoms. The molecule has 0 amide bonds.